The molecule has 0 aromatic heterocycles. The van der Waals surface area contributed by atoms with Crippen molar-refractivity contribution in [1.82, 2.24) is 0 Å². The van der Waals surface area contributed by atoms with Crippen LogP contribution in [0, 0.1) is 0 Å². The lowest BCUT2D eigenvalue weighted by Crippen LogP contribution is -2.36. The highest BCUT2D eigenvalue weighted by Crippen LogP contribution is 2.17. The summed E-state index contributed by atoms with van der Waals surface area (Å²) in [5.74, 6) is 0.206. The number of nitrogens with two attached hydrogens (primary N) is 1. The molecule has 0 aliphatic heterocycles. The van der Waals surface area contributed by atoms with E-state index >= 15 is 0 Å². The normalized spacial score (nSPS) is 9.78. The van der Waals surface area contributed by atoms with Crippen molar-refractivity contribution in [2.45, 2.75) is 0 Å². The topological polar surface area (TPSA) is 55.6 Å². The van der Waals surface area contributed by atoms with Crippen LogP contribution in [-0.4, -0.2) is 12.5 Å². The highest BCUT2D eigenvalue weighted by atomic mass is 16.7. The average molecular weight is 242 g/mol. The van der Waals surface area contributed by atoms with Crippen LogP contribution in [0.4, 0.5) is 5.69 Å². The third kappa shape index (κ3) is 3.25. The molecule has 0 spiro atoms. The van der Waals surface area contributed by atoms with E-state index in [1.54, 1.807) is 0 Å². The third-order valence-electron chi connectivity index (χ3n) is 2.30. The molecule has 4 heteroatoms. The maximum Gasteiger partial charge on any atom is 0.240 e. The molecule has 0 saturated carbocycles. The van der Waals surface area contributed by atoms with Crippen molar-refractivity contribution < 1.29 is 9.63 Å². The van der Waals surface area contributed by atoms with Gasteiger partial charge in [0.15, 0.2) is 5.75 Å². The fraction of sp³-hybridized carbons (Fsp3) is 0.0714. The molecule has 2 aromatic carbocycles. The summed E-state index contributed by atoms with van der Waals surface area (Å²) in [6, 6.07) is 18.6. The number of anilines is 1. The number of rotatable bonds is 5. The molecular weight excluding hydrogens is 228 g/mol. The van der Waals surface area contributed by atoms with Crippen LogP contribution in [-0.2, 0) is 4.79 Å². The van der Waals surface area contributed by atoms with E-state index in [2.05, 4.69) is 0 Å². The molecule has 4 nitrogen and oxygen atoms in total. The lowest BCUT2D eigenvalue weighted by Gasteiger charge is -2.22. The van der Waals surface area contributed by atoms with Crippen LogP contribution in [0.25, 0.3) is 0 Å². The van der Waals surface area contributed by atoms with Gasteiger partial charge in [-0.2, -0.15) is 0 Å². The van der Waals surface area contributed by atoms with Crippen LogP contribution in [0.1, 0.15) is 0 Å². The molecule has 2 rings (SSSR count). The predicted molar refractivity (Wildman–Crippen MR) is 70.1 cm³/mol. The van der Waals surface area contributed by atoms with E-state index in [0.717, 1.165) is 5.69 Å². The van der Waals surface area contributed by atoms with E-state index in [0.29, 0.717) is 5.75 Å². The first-order valence-electron chi connectivity index (χ1n) is 5.59. The van der Waals surface area contributed by atoms with Crippen molar-refractivity contribution in [3.8, 4) is 5.75 Å². The predicted octanol–water partition coefficient (Wildman–Crippen LogP) is 1.97. The monoisotopic (exact) mass is 242 g/mol. The fourth-order valence-electron chi connectivity index (χ4n) is 1.52. The van der Waals surface area contributed by atoms with Crippen molar-refractivity contribution >= 4 is 11.6 Å². The zero-order valence-corrected chi connectivity index (χ0v) is 9.82. The van der Waals surface area contributed by atoms with E-state index in [4.69, 9.17) is 10.6 Å². The first kappa shape index (κ1) is 12.0. The summed E-state index contributed by atoms with van der Waals surface area (Å²) in [6.45, 7) is -0.00108. The zero-order chi connectivity index (χ0) is 12.8. The molecule has 0 fully saturated rings. The molecule has 0 aliphatic carbocycles. The number of hydrogen-bond acceptors (Lipinski definition) is 3. The minimum absolute atomic E-state index is 0.00108. The van der Waals surface area contributed by atoms with E-state index in [-0.39, 0.29) is 6.54 Å². The number of para-hydroxylation sites is 2. The van der Waals surface area contributed by atoms with E-state index in [9.17, 15) is 4.79 Å². The maximum absolute atomic E-state index is 11.1. The number of primary amides is 1. The van der Waals surface area contributed by atoms with Gasteiger partial charge in [-0.3, -0.25) is 4.79 Å². The van der Waals surface area contributed by atoms with Gasteiger partial charge in [0.25, 0.3) is 0 Å². The maximum atomic E-state index is 11.1. The quantitative estimate of drug-likeness (QED) is 0.815. The summed E-state index contributed by atoms with van der Waals surface area (Å²) in [5, 5.41) is 1.47. The van der Waals surface area contributed by atoms with Gasteiger partial charge in [-0.1, -0.05) is 36.4 Å². The van der Waals surface area contributed by atoms with Gasteiger partial charge in [0.2, 0.25) is 5.91 Å². The van der Waals surface area contributed by atoms with Gasteiger partial charge in [0.05, 0.1) is 5.69 Å². The standard InChI is InChI=1S/C14H14N2O2/c15-14(17)11-16(12-7-3-1-4-8-12)18-13-9-5-2-6-10-13/h1-10H,11H2,(H2,15,17). The Balaban J connectivity index is 2.18. The van der Waals surface area contributed by atoms with Crippen LogP contribution in [0.15, 0.2) is 60.7 Å². The van der Waals surface area contributed by atoms with Crippen LogP contribution < -0.4 is 15.6 Å². The van der Waals surface area contributed by atoms with Crippen LogP contribution in [0.5, 0.6) is 5.75 Å². The highest BCUT2D eigenvalue weighted by molar-refractivity contribution is 5.79. The summed E-state index contributed by atoms with van der Waals surface area (Å²) >= 11 is 0. The Morgan fingerprint density at radius 1 is 1.00 bits per heavy atom. The molecule has 92 valence electrons. The van der Waals surface area contributed by atoms with Gasteiger partial charge in [0.1, 0.15) is 6.54 Å². The Kier molecular flexibility index (Phi) is 3.81. The summed E-state index contributed by atoms with van der Waals surface area (Å²) in [4.78, 5) is 16.7. The van der Waals surface area contributed by atoms with Crippen molar-refractivity contribution in [3.05, 3.63) is 60.7 Å². The Hall–Kier alpha value is -2.49. The van der Waals surface area contributed by atoms with Gasteiger partial charge in [-0.25, -0.2) is 5.06 Å². The molecule has 2 aromatic rings. The molecule has 18 heavy (non-hydrogen) atoms. The van der Waals surface area contributed by atoms with E-state index < -0.39 is 5.91 Å². The van der Waals surface area contributed by atoms with Crippen LogP contribution in [0.3, 0.4) is 0 Å². The molecule has 0 radical (unpaired) electrons. The van der Waals surface area contributed by atoms with Gasteiger partial charge >= 0.3 is 0 Å². The smallest absolute Gasteiger partial charge is 0.240 e. The number of benzene rings is 2. The average Bonchev–Trinajstić information content (AvgIpc) is 2.40. The number of hydrogen-bond donors (Lipinski definition) is 1. The lowest BCUT2D eigenvalue weighted by molar-refractivity contribution is -0.117. The second kappa shape index (κ2) is 5.72. The van der Waals surface area contributed by atoms with Gasteiger partial charge < -0.3 is 10.6 Å². The summed E-state index contributed by atoms with van der Waals surface area (Å²) in [5.41, 5.74) is 6.00. The first-order chi connectivity index (χ1) is 8.75. The Labute approximate surface area is 106 Å². The van der Waals surface area contributed by atoms with E-state index in [1.807, 2.05) is 60.7 Å². The third-order valence-corrected chi connectivity index (χ3v) is 2.30. The molecule has 0 heterocycles. The SMILES string of the molecule is NC(=O)CN(Oc1ccccc1)c1ccccc1. The molecule has 1 amide bonds. The Bertz CT molecular complexity index is 500. The molecule has 0 unspecified atom stereocenters. The Morgan fingerprint density at radius 3 is 2.11 bits per heavy atom. The minimum atomic E-state index is -0.449. The molecule has 0 saturated heterocycles. The molecule has 0 bridgehead atoms. The second-order valence-corrected chi connectivity index (χ2v) is 3.74. The van der Waals surface area contributed by atoms with Gasteiger partial charge in [0, 0.05) is 0 Å². The van der Waals surface area contributed by atoms with Crippen molar-refractivity contribution in [2.75, 3.05) is 11.6 Å². The summed E-state index contributed by atoms with van der Waals surface area (Å²) < 4.78 is 0. The molecule has 0 atom stereocenters. The molecule has 2 N–H and O–H groups in total. The number of carbonyl (C=O) groups excluding carboxylic acids is 1. The number of hydroxylamine groups is 1. The van der Waals surface area contributed by atoms with E-state index in [1.165, 1.54) is 5.06 Å². The van der Waals surface area contributed by atoms with Gasteiger partial charge in [-0.15, -0.1) is 0 Å². The highest BCUT2D eigenvalue weighted by Gasteiger charge is 2.11. The molecule has 0 aliphatic rings. The lowest BCUT2D eigenvalue weighted by atomic mass is 10.3. The van der Waals surface area contributed by atoms with Crippen molar-refractivity contribution in [3.63, 3.8) is 0 Å². The first-order valence-corrected chi connectivity index (χ1v) is 5.59. The fourth-order valence-corrected chi connectivity index (χ4v) is 1.52. The zero-order valence-electron chi connectivity index (χ0n) is 9.82. The number of carbonyl (C=O) groups is 1. The second-order valence-electron chi connectivity index (χ2n) is 3.74. The van der Waals surface area contributed by atoms with Crippen LogP contribution in [0.2, 0.25) is 0 Å². The largest absolute Gasteiger partial charge is 0.379 e. The minimum Gasteiger partial charge on any atom is -0.379 e. The Morgan fingerprint density at radius 2 is 1.56 bits per heavy atom. The summed E-state index contributed by atoms with van der Waals surface area (Å²) in [6.07, 6.45) is 0. The van der Waals surface area contributed by atoms with Crippen molar-refractivity contribution in [1.29, 1.82) is 0 Å². The number of nitrogens with zero attached hydrogens (tertiary/aromatic N) is 1. The van der Waals surface area contributed by atoms with Crippen molar-refractivity contribution in [2.24, 2.45) is 5.73 Å². The summed E-state index contributed by atoms with van der Waals surface area (Å²) in [7, 11) is 0. The van der Waals surface area contributed by atoms with Crippen LogP contribution >= 0.6 is 0 Å². The van der Waals surface area contributed by atoms with Gasteiger partial charge in [-0.05, 0) is 24.3 Å². The number of amides is 1. The molecular formula is C14H14N2O2.